The summed E-state index contributed by atoms with van der Waals surface area (Å²) >= 11 is 1.69. The molecule has 0 unspecified atom stereocenters. The van der Waals surface area contributed by atoms with E-state index in [1.807, 2.05) is 17.9 Å². The number of carbonyl (C=O) groups is 1. The Hall–Kier alpha value is -1.95. The van der Waals surface area contributed by atoms with Gasteiger partial charge in [0.25, 0.3) is 5.56 Å². The van der Waals surface area contributed by atoms with Crippen LogP contribution < -0.4 is 5.56 Å². The smallest absolute Gasteiger partial charge is 0.250 e. The minimum absolute atomic E-state index is 0.0601. The molecule has 5 nitrogen and oxygen atoms in total. The molecule has 2 aromatic heterocycles. The molecule has 3 rings (SSSR count). The Labute approximate surface area is 139 Å². The summed E-state index contributed by atoms with van der Waals surface area (Å²) in [6, 6.07) is 5.05. The van der Waals surface area contributed by atoms with E-state index in [1.165, 1.54) is 6.07 Å². The summed E-state index contributed by atoms with van der Waals surface area (Å²) in [7, 11) is 0. The zero-order chi connectivity index (χ0) is 16.2. The Morgan fingerprint density at radius 3 is 3.04 bits per heavy atom. The number of amides is 1. The molecule has 6 heteroatoms. The highest BCUT2D eigenvalue weighted by Gasteiger charge is 2.26. The van der Waals surface area contributed by atoms with Crippen molar-refractivity contribution in [3.05, 3.63) is 50.8 Å². The first-order chi connectivity index (χ1) is 11.1. The highest BCUT2D eigenvalue weighted by atomic mass is 32.1. The van der Waals surface area contributed by atoms with Crippen LogP contribution in [0.25, 0.3) is 0 Å². The molecule has 1 saturated heterocycles. The molecule has 23 heavy (non-hydrogen) atoms. The second kappa shape index (κ2) is 7.08. The number of piperidine rings is 1. The predicted molar refractivity (Wildman–Crippen MR) is 90.7 cm³/mol. The van der Waals surface area contributed by atoms with Crippen molar-refractivity contribution in [3.8, 4) is 0 Å². The molecule has 3 heterocycles. The molecule has 1 atom stereocenters. The average molecular weight is 331 g/mol. The van der Waals surface area contributed by atoms with Crippen LogP contribution in [0.3, 0.4) is 0 Å². The van der Waals surface area contributed by atoms with Crippen LogP contribution in [-0.4, -0.2) is 33.4 Å². The van der Waals surface area contributed by atoms with E-state index in [1.54, 1.807) is 28.2 Å². The molecule has 2 aromatic rings. The Morgan fingerprint density at radius 2 is 2.30 bits per heavy atom. The summed E-state index contributed by atoms with van der Waals surface area (Å²) in [4.78, 5) is 30.6. The fourth-order valence-corrected chi connectivity index (χ4v) is 3.91. The SMILES string of the molecule is Cc1csc([C@H]2CCCN(C(=O)CCn3ccccc3=O)C2)n1. The lowest BCUT2D eigenvalue weighted by Gasteiger charge is -2.32. The summed E-state index contributed by atoms with van der Waals surface area (Å²) in [5.74, 6) is 0.476. The first-order valence-electron chi connectivity index (χ1n) is 7.99. The number of hydrogen-bond acceptors (Lipinski definition) is 4. The van der Waals surface area contributed by atoms with Gasteiger partial charge in [-0.05, 0) is 25.8 Å². The van der Waals surface area contributed by atoms with Crippen LogP contribution in [-0.2, 0) is 11.3 Å². The molecular weight excluding hydrogens is 310 g/mol. The van der Waals surface area contributed by atoms with E-state index < -0.39 is 0 Å². The number of likely N-dealkylation sites (tertiary alicyclic amines) is 1. The van der Waals surface area contributed by atoms with E-state index in [4.69, 9.17) is 0 Å². The molecule has 122 valence electrons. The summed E-state index contributed by atoms with van der Waals surface area (Å²) in [5.41, 5.74) is 0.993. The molecule has 0 radical (unpaired) electrons. The fourth-order valence-electron chi connectivity index (χ4n) is 2.98. The van der Waals surface area contributed by atoms with Crippen LogP contribution in [0.5, 0.6) is 0 Å². The fraction of sp³-hybridized carbons (Fsp3) is 0.471. The Balaban J connectivity index is 1.59. The van der Waals surface area contributed by atoms with Crippen LogP contribution in [0.2, 0.25) is 0 Å². The van der Waals surface area contributed by atoms with Gasteiger partial charge in [-0.1, -0.05) is 6.07 Å². The predicted octanol–water partition coefficient (Wildman–Crippen LogP) is 2.41. The van der Waals surface area contributed by atoms with Gasteiger partial charge < -0.3 is 9.47 Å². The van der Waals surface area contributed by atoms with Crippen molar-refractivity contribution in [2.45, 2.75) is 38.6 Å². The summed E-state index contributed by atoms with van der Waals surface area (Å²) in [6.07, 6.45) is 4.20. The highest BCUT2D eigenvalue weighted by molar-refractivity contribution is 7.09. The number of carbonyl (C=O) groups excluding carboxylic acids is 1. The zero-order valence-electron chi connectivity index (χ0n) is 13.3. The van der Waals surface area contributed by atoms with Gasteiger partial charge in [-0.25, -0.2) is 4.98 Å². The minimum atomic E-state index is -0.0601. The number of rotatable bonds is 4. The number of nitrogens with zero attached hydrogens (tertiary/aromatic N) is 3. The van der Waals surface area contributed by atoms with E-state index in [9.17, 15) is 9.59 Å². The van der Waals surface area contributed by atoms with E-state index in [2.05, 4.69) is 10.4 Å². The van der Waals surface area contributed by atoms with Crippen molar-refractivity contribution < 1.29 is 4.79 Å². The maximum atomic E-state index is 12.5. The normalized spacial score (nSPS) is 18.1. The highest BCUT2D eigenvalue weighted by Crippen LogP contribution is 2.29. The summed E-state index contributed by atoms with van der Waals surface area (Å²) in [6.45, 7) is 4.00. The van der Waals surface area contributed by atoms with Gasteiger partial charge in [0.05, 0.1) is 5.01 Å². The molecule has 0 bridgehead atoms. The standard InChI is InChI=1S/C17H21N3O2S/c1-13-12-23-17(18-13)14-5-4-9-20(11-14)16(22)7-10-19-8-3-2-6-15(19)21/h2-3,6,8,12,14H,4-5,7,9-11H2,1H3/t14-/m0/s1. The summed E-state index contributed by atoms with van der Waals surface area (Å²) < 4.78 is 1.59. The Morgan fingerprint density at radius 1 is 1.43 bits per heavy atom. The molecule has 1 fully saturated rings. The van der Waals surface area contributed by atoms with E-state index in [0.29, 0.717) is 18.9 Å². The number of thiazole rings is 1. The molecule has 0 saturated carbocycles. The van der Waals surface area contributed by atoms with Crippen LogP contribution in [0.1, 0.15) is 35.9 Å². The lowest BCUT2D eigenvalue weighted by Crippen LogP contribution is -2.39. The van der Waals surface area contributed by atoms with E-state index in [-0.39, 0.29) is 11.5 Å². The Kier molecular flexibility index (Phi) is 4.91. The lowest BCUT2D eigenvalue weighted by molar-refractivity contribution is -0.132. The maximum Gasteiger partial charge on any atom is 0.250 e. The van der Waals surface area contributed by atoms with Crippen molar-refractivity contribution in [3.63, 3.8) is 0 Å². The van der Waals surface area contributed by atoms with Crippen LogP contribution in [0.4, 0.5) is 0 Å². The van der Waals surface area contributed by atoms with Crippen molar-refractivity contribution in [1.29, 1.82) is 0 Å². The number of pyridine rings is 1. The van der Waals surface area contributed by atoms with Crippen LogP contribution in [0, 0.1) is 6.92 Å². The van der Waals surface area contributed by atoms with Gasteiger partial charge in [0.2, 0.25) is 5.91 Å². The Bertz CT molecular complexity index is 737. The van der Waals surface area contributed by atoms with Crippen molar-refractivity contribution >= 4 is 17.2 Å². The first kappa shape index (κ1) is 15.9. The van der Waals surface area contributed by atoms with Gasteiger partial charge in [-0.15, -0.1) is 11.3 Å². The third-order valence-corrected chi connectivity index (χ3v) is 5.35. The molecule has 0 aromatic carbocycles. The first-order valence-corrected chi connectivity index (χ1v) is 8.87. The van der Waals surface area contributed by atoms with Gasteiger partial charge in [-0.3, -0.25) is 9.59 Å². The molecule has 0 spiro atoms. The van der Waals surface area contributed by atoms with E-state index in [0.717, 1.165) is 36.6 Å². The maximum absolute atomic E-state index is 12.5. The van der Waals surface area contributed by atoms with E-state index >= 15 is 0 Å². The van der Waals surface area contributed by atoms with Crippen molar-refractivity contribution in [2.24, 2.45) is 0 Å². The van der Waals surface area contributed by atoms with Crippen LogP contribution in [0.15, 0.2) is 34.6 Å². The lowest BCUT2D eigenvalue weighted by atomic mass is 9.98. The van der Waals surface area contributed by atoms with Crippen molar-refractivity contribution in [2.75, 3.05) is 13.1 Å². The number of aryl methyl sites for hydroxylation is 2. The second-order valence-corrected chi connectivity index (χ2v) is 6.88. The third kappa shape index (κ3) is 3.88. The number of hydrogen-bond donors (Lipinski definition) is 0. The number of aromatic nitrogens is 2. The van der Waals surface area contributed by atoms with Crippen molar-refractivity contribution in [1.82, 2.24) is 14.5 Å². The molecule has 0 N–H and O–H groups in total. The average Bonchev–Trinajstić information content (AvgIpc) is 3.00. The quantitative estimate of drug-likeness (QED) is 0.864. The summed E-state index contributed by atoms with van der Waals surface area (Å²) in [5, 5.41) is 3.21. The molecule has 0 aliphatic carbocycles. The monoisotopic (exact) mass is 331 g/mol. The van der Waals surface area contributed by atoms with Gasteiger partial charge in [0.15, 0.2) is 0 Å². The molecule has 1 amide bonds. The van der Waals surface area contributed by atoms with Gasteiger partial charge in [0, 0.05) is 55.3 Å². The van der Waals surface area contributed by atoms with Gasteiger partial charge in [-0.2, -0.15) is 0 Å². The molecular formula is C17H21N3O2S. The topological polar surface area (TPSA) is 55.2 Å². The molecule has 1 aliphatic heterocycles. The third-order valence-electron chi connectivity index (χ3n) is 4.23. The zero-order valence-corrected chi connectivity index (χ0v) is 14.1. The largest absolute Gasteiger partial charge is 0.342 e. The van der Waals surface area contributed by atoms with Crippen LogP contribution >= 0.6 is 11.3 Å². The van der Waals surface area contributed by atoms with Gasteiger partial charge in [0.1, 0.15) is 0 Å². The molecule has 1 aliphatic rings. The minimum Gasteiger partial charge on any atom is -0.342 e. The second-order valence-electron chi connectivity index (χ2n) is 5.99. The van der Waals surface area contributed by atoms with Gasteiger partial charge >= 0.3 is 0 Å².